The van der Waals surface area contributed by atoms with E-state index in [-0.39, 0.29) is 29.4 Å². The van der Waals surface area contributed by atoms with Crippen LogP contribution < -0.4 is 9.47 Å². The highest BCUT2D eigenvalue weighted by Crippen LogP contribution is 2.31. The average molecular weight is 405 g/mol. The van der Waals surface area contributed by atoms with Gasteiger partial charge in [0.25, 0.3) is 0 Å². The fourth-order valence-corrected chi connectivity index (χ4v) is 2.71. The van der Waals surface area contributed by atoms with E-state index in [1.54, 1.807) is 38.1 Å². The van der Waals surface area contributed by atoms with E-state index in [9.17, 15) is 14.9 Å². The van der Waals surface area contributed by atoms with Crippen molar-refractivity contribution in [3.05, 3.63) is 65.4 Å². The molecule has 0 spiro atoms. The summed E-state index contributed by atoms with van der Waals surface area (Å²) in [6.45, 7) is 3.93. The van der Waals surface area contributed by atoms with Crippen LogP contribution in [0, 0.1) is 11.3 Å². The number of nitriles is 1. The Balaban J connectivity index is 1.87. The fourth-order valence-electron chi connectivity index (χ4n) is 2.71. The van der Waals surface area contributed by atoms with E-state index >= 15 is 0 Å². The van der Waals surface area contributed by atoms with Crippen LogP contribution in [0.25, 0.3) is 17.0 Å². The van der Waals surface area contributed by atoms with Gasteiger partial charge in [-0.25, -0.2) is 9.59 Å². The van der Waals surface area contributed by atoms with Crippen LogP contribution in [-0.2, 0) is 9.53 Å². The molecule has 0 saturated carbocycles. The Kier molecular flexibility index (Phi) is 6.50. The lowest BCUT2D eigenvalue weighted by molar-refractivity contribution is -0.137. The lowest BCUT2D eigenvalue weighted by atomic mass is 10.1. The number of rotatable bonds is 7. The molecule has 0 aliphatic heterocycles. The molecule has 1 aromatic heterocycles. The molecule has 0 radical (unpaired) electrons. The zero-order chi connectivity index (χ0) is 21.5. The van der Waals surface area contributed by atoms with Gasteiger partial charge in [-0.15, -0.1) is 0 Å². The molecule has 0 unspecified atom stereocenters. The Morgan fingerprint density at radius 3 is 2.57 bits per heavy atom. The van der Waals surface area contributed by atoms with Crippen molar-refractivity contribution in [1.82, 2.24) is 0 Å². The lowest BCUT2D eigenvalue weighted by Gasteiger charge is -2.11. The quantitative estimate of drug-likeness (QED) is 0.247. The summed E-state index contributed by atoms with van der Waals surface area (Å²) < 4.78 is 21.4. The van der Waals surface area contributed by atoms with Crippen LogP contribution in [0.3, 0.4) is 0 Å². The van der Waals surface area contributed by atoms with Gasteiger partial charge >= 0.3 is 11.9 Å². The van der Waals surface area contributed by atoms with Crippen LogP contribution in [0.4, 0.5) is 0 Å². The first-order chi connectivity index (χ1) is 14.5. The highest BCUT2D eigenvalue weighted by molar-refractivity contribution is 5.98. The predicted octanol–water partition coefficient (Wildman–Crippen LogP) is 4.52. The zero-order valence-electron chi connectivity index (χ0n) is 16.5. The Morgan fingerprint density at radius 2 is 1.87 bits per heavy atom. The first-order valence-electron chi connectivity index (χ1n) is 9.32. The van der Waals surface area contributed by atoms with Crippen LogP contribution in [0.2, 0.25) is 0 Å². The summed E-state index contributed by atoms with van der Waals surface area (Å²) in [4.78, 5) is 24.3. The van der Waals surface area contributed by atoms with Crippen LogP contribution in [0.1, 0.15) is 30.0 Å². The van der Waals surface area contributed by atoms with Crippen LogP contribution >= 0.6 is 0 Å². The molecule has 0 aliphatic carbocycles. The molecular formula is C23H19NO6. The third-order valence-corrected chi connectivity index (χ3v) is 4.02. The summed E-state index contributed by atoms with van der Waals surface area (Å²) in [6.07, 6.45) is 1.38. The molecular weight excluding hydrogens is 386 g/mol. The zero-order valence-corrected chi connectivity index (χ0v) is 16.5. The van der Waals surface area contributed by atoms with Crippen LogP contribution in [0.5, 0.6) is 11.5 Å². The molecule has 3 rings (SSSR count). The molecule has 2 aromatic carbocycles. The Bertz CT molecular complexity index is 1120. The minimum atomic E-state index is -0.710. The van der Waals surface area contributed by atoms with Gasteiger partial charge in [0, 0.05) is 5.39 Å². The number of carbonyl (C=O) groups is 2. The topological polar surface area (TPSA) is 98.8 Å². The predicted molar refractivity (Wildman–Crippen MR) is 109 cm³/mol. The van der Waals surface area contributed by atoms with E-state index in [0.29, 0.717) is 17.8 Å². The molecule has 0 atom stereocenters. The molecule has 0 amide bonds. The van der Waals surface area contributed by atoms with Crippen molar-refractivity contribution in [2.75, 3.05) is 13.2 Å². The maximum Gasteiger partial charge on any atom is 0.379 e. The van der Waals surface area contributed by atoms with E-state index in [1.807, 2.05) is 24.3 Å². The monoisotopic (exact) mass is 405 g/mol. The molecule has 0 aliphatic rings. The average Bonchev–Trinajstić information content (AvgIpc) is 3.18. The van der Waals surface area contributed by atoms with Gasteiger partial charge in [-0.3, -0.25) is 0 Å². The van der Waals surface area contributed by atoms with Crippen molar-refractivity contribution in [3.63, 3.8) is 0 Å². The molecule has 0 N–H and O–H groups in total. The van der Waals surface area contributed by atoms with Gasteiger partial charge in [0.05, 0.1) is 13.2 Å². The van der Waals surface area contributed by atoms with Crippen LogP contribution in [-0.4, -0.2) is 25.2 Å². The van der Waals surface area contributed by atoms with E-state index in [4.69, 9.17) is 18.6 Å². The molecule has 0 saturated heterocycles. The highest BCUT2D eigenvalue weighted by Gasteiger charge is 2.18. The standard InChI is InChI=1S/C23H19NO6/c1-3-27-20-12-15(11-17(14-24)22(25)28-4-2)9-10-19(20)30-23(26)21-13-16-7-5-6-8-18(16)29-21/h5-13H,3-4H2,1-2H3. The van der Waals surface area contributed by atoms with E-state index in [0.717, 1.165) is 5.39 Å². The maximum atomic E-state index is 12.5. The lowest BCUT2D eigenvalue weighted by Crippen LogP contribution is -2.09. The first-order valence-corrected chi connectivity index (χ1v) is 9.32. The summed E-state index contributed by atoms with van der Waals surface area (Å²) in [6, 6.07) is 15.4. The van der Waals surface area contributed by atoms with Crippen molar-refractivity contribution >= 4 is 29.0 Å². The van der Waals surface area contributed by atoms with Crippen molar-refractivity contribution in [2.24, 2.45) is 0 Å². The maximum absolute atomic E-state index is 12.5. The number of ether oxygens (including phenoxy) is 3. The van der Waals surface area contributed by atoms with Crippen molar-refractivity contribution in [3.8, 4) is 17.6 Å². The van der Waals surface area contributed by atoms with E-state index < -0.39 is 11.9 Å². The van der Waals surface area contributed by atoms with Crippen molar-refractivity contribution < 1.29 is 28.2 Å². The van der Waals surface area contributed by atoms with Gasteiger partial charge in [-0.05, 0) is 49.8 Å². The largest absolute Gasteiger partial charge is 0.490 e. The summed E-state index contributed by atoms with van der Waals surface area (Å²) in [5.41, 5.74) is 0.955. The molecule has 3 aromatic rings. The summed E-state index contributed by atoms with van der Waals surface area (Å²) in [5.74, 6) is -0.833. The smallest absolute Gasteiger partial charge is 0.379 e. The number of esters is 2. The second kappa shape index (κ2) is 9.43. The second-order valence-electron chi connectivity index (χ2n) is 6.07. The van der Waals surface area contributed by atoms with Gasteiger partial charge in [0.2, 0.25) is 5.76 Å². The number of nitrogens with zero attached hydrogens (tertiary/aromatic N) is 1. The Morgan fingerprint density at radius 1 is 1.07 bits per heavy atom. The number of para-hydroxylation sites is 1. The minimum Gasteiger partial charge on any atom is -0.490 e. The number of fused-ring (bicyclic) bond motifs is 1. The summed E-state index contributed by atoms with van der Waals surface area (Å²) in [7, 11) is 0. The first kappa shape index (κ1) is 20.7. The number of benzene rings is 2. The van der Waals surface area contributed by atoms with E-state index in [1.165, 1.54) is 12.1 Å². The molecule has 1 heterocycles. The molecule has 152 valence electrons. The number of hydrogen-bond acceptors (Lipinski definition) is 7. The Hall–Kier alpha value is -4.05. The van der Waals surface area contributed by atoms with Crippen molar-refractivity contribution in [2.45, 2.75) is 13.8 Å². The van der Waals surface area contributed by atoms with Crippen LogP contribution in [0.15, 0.2) is 58.5 Å². The van der Waals surface area contributed by atoms with E-state index in [2.05, 4.69) is 0 Å². The highest BCUT2D eigenvalue weighted by atomic mass is 16.6. The molecule has 0 fully saturated rings. The third-order valence-electron chi connectivity index (χ3n) is 4.02. The fraction of sp³-hybridized carbons (Fsp3) is 0.174. The van der Waals surface area contributed by atoms with Gasteiger partial charge in [-0.1, -0.05) is 24.3 Å². The summed E-state index contributed by atoms with van der Waals surface area (Å²) >= 11 is 0. The number of carbonyl (C=O) groups excluding carboxylic acids is 2. The van der Waals surface area contributed by atoms with Gasteiger partial charge < -0.3 is 18.6 Å². The summed E-state index contributed by atoms with van der Waals surface area (Å²) in [5, 5.41) is 9.98. The second-order valence-corrected chi connectivity index (χ2v) is 6.07. The van der Waals surface area contributed by atoms with Gasteiger partial charge in [-0.2, -0.15) is 5.26 Å². The molecule has 7 nitrogen and oxygen atoms in total. The SMILES string of the molecule is CCOC(=O)C(C#N)=Cc1ccc(OC(=O)c2cc3ccccc3o2)c(OCC)c1. The molecule has 7 heteroatoms. The van der Waals surface area contributed by atoms with Gasteiger partial charge in [0.15, 0.2) is 11.5 Å². The third kappa shape index (κ3) is 4.67. The molecule has 30 heavy (non-hydrogen) atoms. The molecule has 0 bridgehead atoms. The van der Waals surface area contributed by atoms with Crippen molar-refractivity contribution in [1.29, 1.82) is 5.26 Å². The minimum absolute atomic E-state index is 0.0664. The Labute approximate surface area is 173 Å². The number of hydrogen-bond donors (Lipinski definition) is 0. The number of furan rings is 1. The van der Waals surface area contributed by atoms with Gasteiger partial charge in [0.1, 0.15) is 17.2 Å². The normalized spacial score (nSPS) is 11.0.